The monoisotopic (exact) mass is 360 g/mol. The lowest BCUT2D eigenvalue weighted by Crippen LogP contribution is -2.37. The van der Waals surface area contributed by atoms with E-state index in [0.717, 1.165) is 43.9 Å². The Morgan fingerprint density at radius 2 is 1.60 bits per heavy atom. The van der Waals surface area contributed by atoms with E-state index in [1.54, 1.807) is 0 Å². The lowest BCUT2D eigenvalue weighted by Gasteiger charge is -2.21. The number of carbonyl (C=O) groups is 2. The highest BCUT2D eigenvalue weighted by molar-refractivity contribution is 6.30. The van der Waals surface area contributed by atoms with Crippen molar-refractivity contribution in [2.24, 2.45) is 17.8 Å². The Morgan fingerprint density at radius 3 is 2.28 bits per heavy atom. The number of hydrogen-bond acceptors (Lipinski definition) is 2. The van der Waals surface area contributed by atoms with Crippen molar-refractivity contribution in [3.05, 3.63) is 34.9 Å². The zero-order valence-corrected chi connectivity index (χ0v) is 15.4. The Hall–Kier alpha value is -1.55. The van der Waals surface area contributed by atoms with Gasteiger partial charge >= 0.3 is 0 Å². The van der Waals surface area contributed by atoms with Crippen LogP contribution in [0.15, 0.2) is 24.3 Å². The molecule has 0 radical (unpaired) electrons. The fraction of sp³-hybridized carbons (Fsp3) is 0.600. The van der Waals surface area contributed by atoms with Crippen molar-refractivity contribution in [3.63, 3.8) is 0 Å². The predicted molar refractivity (Wildman–Crippen MR) is 97.3 cm³/mol. The van der Waals surface area contributed by atoms with Gasteiger partial charge in [-0.25, -0.2) is 0 Å². The van der Waals surface area contributed by atoms with Crippen molar-refractivity contribution in [2.45, 2.75) is 32.1 Å². The highest BCUT2D eigenvalue weighted by Gasteiger charge is 2.41. The van der Waals surface area contributed by atoms with E-state index in [-0.39, 0.29) is 23.7 Å². The average Bonchev–Trinajstić information content (AvgIpc) is 3.21. The molecule has 5 heteroatoms. The molecule has 2 amide bonds. The second-order valence-corrected chi connectivity index (χ2v) is 8.36. The van der Waals surface area contributed by atoms with Gasteiger partial charge in [0.05, 0.1) is 5.92 Å². The van der Waals surface area contributed by atoms with E-state index < -0.39 is 0 Å². The summed E-state index contributed by atoms with van der Waals surface area (Å²) in [6.45, 7) is 5.15. The first-order valence-electron chi connectivity index (χ1n) is 9.36. The summed E-state index contributed by atoms with van der Waals surface area (Å²) in [6.07, 6.45) is 2.87. The van der Waals surface area contributed by atoms with Gasteiger partial charge in [0.15, 0.2) is 0 Å². The molecule has 2 aliphatic heterocycles. The Morgan fingerprint density at radius 1 is 0.920 bits per heavy atom. The van der Waals surface area contributed by atoms with E-state index in [1.165, 1.54) is 5.56 Å². The van der Waals surface area contributed by atoms with Gasteiger partial charge in [-0.05, 0) is 42.9 Å². The van der Waals surface area contributed by atoms with Crippen molar-refractivity contribution in [1.29, 1.82) is 0 Å². The molecule has 3 aliphatic rings. The molecule has 134 valence electrons. The Balaban J connectivity index is 1.38. The minimum absolute atomic E-state index is 0.0149. The number of carbonyl (C=O) groups excluding carboxylic acids is 2. The predicted octanol–water partition coefficient (Wildman–Crippen LogP) is 3.16. The standard InChI is InChI=1S/C20H25ClN2O2/c1-13-10-23(12-18(13)14-4-6-17(21)7-5-14)20(25)16-8-9-22(11-16)19(24)15-2-3-15/h4-7,13,15-16,18H,2-3,8-12H2,1H3/t13-,16?,18-/m1/s1. The topological polar surface area (TPSA) is 40.6 Å². The third kappa shape index (κ3) is 3.41. The van der Waals surface area contributed by atoms with Gasteiger partial charge in [0.25, 0.3) is 0 Å². The van der Waals surface area contributed by atoms with E-state index in [9.17, 15) is 9.59 Å². The third-order valence-corrected chi connectivity index (χ3v) is 6.25. The number of benzene rings is 1. The van der Waals surface area contributed by atoms with E-state index >= 15 is 0 Å². The molecule has 0 aromatic heterocycles. The summed E-state index contributed by atoms with van der Waals surface area (Å²) >= 11 is 5.99. The van der Waals surface area contributed by atoms with E-state index in [1.807, 2.05) is 21.9 Å². The van der Waals surface area contributed by atoms with Crippen molar-refractivity contribution in [2.75, 3.05) is 26.2 Å². The maximum absolute atomic E-state index is 12.9. The third-order valence-electron chi connectivity index (χ3n) is 6.00. The summed E-state index contributed by atoms with van der Waals surface area (Å²) in [5, 5.41) is 0.744. The molecule has 0 bridgehead atoms. The number of hydrogen-bond donors (Lipinski definition) is 0. The molecule has 2 heterocycles. The molecule has 0 spiro atoms. The van der Waals surface area contributed by atoms with Crippen LogP contribution < -0.4 is 0 Å². The van der Waals surface area contributed by atoms with Crippen molar-refractivity contribution < 1.29 is 9.59 Å². The van der Waals surface area contributed by atoms with Gasteiger partial charge in [0, 0.05) is 43.0 Å². The number of amides is 2. The van der Waals surface area contributed by atoms with Gasteiger partial charge in [-0.3, -0.25) is 9.59 Å². The molecular formula is C20H25ClN2O2. The largest absolute Gasteiger partial charge is 0.342 e. The van der Waals surface area contributed by atoms with Crippen LogP contribution in [-0.2, 0) is 9.59 Å². The first-order chi connectivity index (χ1) is 12.0. The van der Waals surface area contributed by atoms with Crippen LogP contribution in [0.2, 0.25) is 5.02 Å². The summed E-state index contributed by atoms with van der Waals surface area (Å²) in [4.78, 5) is 29.1. The first kappa shape index (κ1) is 16.9. The van der Waals surface area contributed by atoms with E-state index in [2.05, 4.69) is 19.1 Å². The fourth-order valence-corrected chi connectivity index (χ4v) is 4.43. The molecule has 4 nitrogen and oxygen atoms in total. The van der Waals surface area contributed by atoms with Crippen LogP contribution in [0.3, 0.4) is 0 Å². The minimum atomic E-state index is -0.0149. The molecule has 1 saturated carbocycles. The molecule has 2 saturated heterocycles. The van der Waals surface area contributed by atoms with Gasteiger partial charge in [0.2, 0.25) is 11.8 Å². The van der Waals surface area contributed by atoms with Crippen LogP contribution in [0.1, 0.15) is 37.7 Å². The lowest BCUT2D eigenvalue weighted by atomic mass is 9.90. The molecule has 1 aromatic rings. The summed E-state index contributed by atoms with van der Waals surface area (Å²) in [5.74, 6) is 1.54. The van der Waals surface area contributed by atoms with Crippen LogP contribution in [-0.4, -0.2) is 47.8 Å². The number of likely N-dealkylation sites (tertiary alicyclic amines) is 2. The molecular weight excluding hydrogens is 336 g/mol. The molecule has 1 unspecified atom stereocenters. The normalized spacial score (nSPS) is 29.3. The zero-order chi connectivity index (χ0) is 17.6. The Kier molecular flexibility index (Phi) is 4.48. The van der Waals surface area contributed by atoms with Crippen LogP contribution >= 0.6 is 11.6 Å². The van der Waals surface area contributed by atoms with Gasteiger partial charge in [0.1, 0.15) is 0 Å². The fourth-order valence-electron chi connectivity index (χ4n) is 4.30. The van der Waals surface area contributed by atoms with Crippen molar-refractivity contribution >= 4 is 23.4 Å². The highest BCUT2D eigenvalue weighted by Crippen LogP contribution is 2.36. The minimum Gasteiger partial charge on any atom is -0.342 e. The van der Waals surface area contributed by atoms with Crippen molar-refractivity contribution in [1.82, 2.24) is 9.80 Å². The van der Waals surface area contributed by atoms with Crippen LogP contribution in [0.4, 0.5) is 0 Å². The highest BCUT2D eigenvalue weighted by atomic mass is 35.5. The Bertz CT molecular complexity index is 671. The van der Waals surface area contributed by atoms with Gasteiger partial charge in [-0.2, -0.15) is 0 Å². The van der Waals surface area contributed by atoms with Gasteiger partial charge < -0.3 is 9.80 Å². The van der Waals surface area contributed by atoms with E-state index in [4.69, 9.17) is 11.6 Å². The first-order valence-corrected chi connectivity index (χ1v) is 9.73. The summed E-state index contributed by atoms with van der Waals surface area (Å²) in [7, 11) is 0. The molecule has 4 rings (SSSR count). The van der Waals surface area contributed by atoms with Gasteiger partial charge in [-0.15, -0.1) is 0 Å². The maximum atomic E-state index is 12.9. The smallest absolute Gasteiger partial charge is 0.227 e. The number of nitrogens with zero attached hydrogens (tertiary/aromatic N) is 2. The number of halogens is 1. The van der Waals surface area contributed by atoms with Crippen LogP contribution in [0.5, 0.6) is 0 Å². The molecule has 3 atom stereocenters. The summed E-state index contributed by atoms with van der Waals surface area (Å²) in [6, 6.07) is 7.99. The lowest BCUT2D eigenvalue weighted by molar-refractivity contribution is -0.135. The number of rotatable bonds is 3. The summed E-state index contributed by atoms with van der Waals surface area (Å²) in [5.41, 5.74) is 1.25. The van der Waals surface area contributed by atoms with Crippen LogP contribution in [0, 0.1) is 17.8 Å². The molecule has 0 N–H and O–H groups in total. The second kappa shape index (κ2) is 6.64. The molecule has 25 heavy (non-hydrogen) atoms. The summed E-state index contributed by atoms with van der Waals surface area (Å²) < 4.78 is 0. The average molecular weight is 361 g/mol. The molecule has 3 fully saturated rings. The van der Waals surface area contributed by atoms with Gasteiger partial charge in [-0.1, -0.05) is 30.7 Å². The SMILES string of the molecule is C[C@@H]1CN(C(=O)C2CCN(C(=O)C3CC3)C2)C[C@H]1c1ccc(Cl)cc1. The second-order valence-electron chi connectivity index (χ2n) is 7.92. The maximum Gasteiger partial charge on any atom is 0.227 e. The quantitative estimate of drug-likeness (QED) is 0.830. The molecule has 1 aromatic carbocycles. The zero-order valence-electron chi connectivity index (χ0n) is 14.7. The van der Waals surface area contributed by atoms with E-state index in [0.29, 0.717) is 18.4 Å². The van der Waals surface area contributed by atoms with Crippen molar-refractivity contribution in [3.8, 4) is 0 Å². The Labute approximate surface area is 154 Å². The van der Waals surface area contributed by atoms with Crippen LogP contribution in [0.25, 0.3) is 0 Å². The molecule has 1 aliphatic carbocycles.